The number of nitrogens with one attached hydrogen (secondary N) is 2. The highest BCUT2D eigenvalue weighted by molar-refractivity contribution is 14.0. The summed E-state index contributed by atoms with van der Waals surface area (Å²) >= 11 is 0. The summed E-state index contributed by atoms with van der Waals surface area (Å²) in [7, 11) is 1.71. The first-order valence-corrected chi connectivity index (χ1v) is 6.57. The number of guanidine groups is 1. The van der Waals surface area contributed by atoms with Crippen molar-refractivity contribution in [1.29, 1.82) is 0 Å². The van der Waals surface area contributed by atoms with Gasteiger partial charge in [0.05, 0.1) is 0 Å². The van der Waals surface area contributed by atoms with Gasteiger partial charge < -0.3 is 10.6 Å². The maximum Gasteiger partial charge on any atom is 0.190 e. The van der Waals surface area contributed by atoms with Gasteiger partial charge in [-0.3, -0.25) is 4.99 Å². The molecule has 0 aliphatic heterocycles. The van der Waals surface area contributed by atoms with Gasteiger partial charge in [0, 0.05) is 26.2 Å². The smallest absolute Gasteiger partial charge is 0.190 e. The molecule has 0 bridgehead atoms. The van der Waals surface area contributed by atoms with Gasteiger partial charge in [-0.05, 0) is 42.9 Å². The SMILES string of the molecule is CN=C(NCCc1cc(F)cc(F)c1)NCC1CC1.I. The van der Waals surface area contributed by atoms with Gasteiger partial charge >= 0.3 is 0 Å². The van der Waals surface area contributed by atoms with Crippen molar-refractivity contribution in [1.82, 2.24) is 10.6 Å². The quantitative estimate of drug-likeness (QED) is 0.457. The Kier molecular flexibility index (Phi) is 7.18. The summed E-state index contributed by atoms with van der Waals surface area (Å²) in [4.78, 5) is 4.10. The van der Waals surface area contributed by atoms with Crippen LogP contribution < -0.4 is 10.6 Å². The summed E-state index contributed by atoms with van der Waals surface area (Å²) in [6, 6.07) is 3.59. The van der Waals surface area contributed by atoms with E-state index < -0.39 is 11.6 Å². The number of benzene rings is 1. The number of nitrogens with zero attached hydrogens (tertiary/aromatic N) is 1. The summed E-state index contributed by atoms with van der Waals surface area (Å²) < 4.78 is 26.0. The number of hydrogen-bond acceptors (Lipinski definition) is 1. The molecule has 0 aromatic heterocycles. The minimum atomic E-state index is -0.536. The van der Waals surface area contributed by atoms with Crippen LogP contribution in [0.25, 0.3) is 0 Å². The molecule has 1 aromatic carbocycles. The lowest BCUT2D eigenvalue weighted by molar-refractivity contribution is 0.579. The molecule has 1 saturated carbocycles. The van der Waals surface area contributed by atoms with Crippen molar-refractivity contribution in [3.05, 3.63) is 35.4 Å². The minimum Gasteiger partial charge on any atom is -0.356 e. The zero-order valence-electron chi connectivity index (χ0n) is 11.5. The fraction of sp³-hybridized carbons (Fsp3) is 0.500. The number of rotatable bonds is 5. The lowest BCUT2D eigenvalue weighted by atomic mass is 10.1. The van der Waals surface area contributed by atoms with E-state index in [2.05, 4.69) is 15.6 Å². The monoisotopic (exact) mass is 395 g/mol. The van der Waals surface area contributed by atoms with Gasteiger partial charge in [0.15, 0.2) is 5.96 Å². The highest BCUT2D eigenvalue weighted by Gasteiger charge is 2.20. The van der Waals surface area contributed by atoms with Crippen molar-refractivity contribution in [3.63, 3.8) is 0 Å². The van der Waals surface area contributed by atoms with Gasteiger partial charge in [0.1, 0.15) is 11.6 Å². The van der Waals surface area contributed by atoms with E-state index in [-0.39, 0.29) is 24.0 Å². The van der Waals surface area contributed by atoms with Crippen LogP contribution in [-0.2, 0) is 6.42 Å². The average Bonchev–Trinajstić information content (AvgIpc) is 3.16. The van der Waals surface area contributed by atoms with Crippen LogP contribution in [0.3, 0.4) is 0 Å². The third-order valence-corrected chi connectivity index (χ3v) is 3.11. The first-order chi connectivity index (χ1) is 9.17. The Morgan fingerprint density at radius 1 is 1.20 bits per heavy atom. The van der Waals surface area contributed by atoms with Crippen LogP contribution >= 0.6 is 24.0 Å². The topological polar surface area (TPSA) is 36.4 Å². The van der Waals surface area contributed by atoms with Crippen LogP contribution in [0.4, 0.5) is 8.78 Å². The second-order valence-corrected chi connectivity index (χ2v) is 4.85. The molecule has 112 valence electrons. The molecule has 2 N–H and O–H groups in total. The highest BCUT2D eigenvalue weighted by atomic mass is 127. The number of halogens is 3. The molecule has 20 heavy (non-hydrogen) atoms. The Bertz CT molecular complexity index is 441. The molecule has 0 heterocycles. The molecule has 0 atom stereocenters. The average molecular weight is 395 g/mol. The molecular formula is C14H20F2IN3. The molecular weight excluding hydrogens is 375 g/mol. The van der Waals surface area contributed by atoms with Gasteiger partial charge in [-0.1, -0.05) is 0 Å². The molecule has 6 heteroatoms. The van der Waals surface area contributed by atoms with Crippen molar-refractivity contribution in [2.75, 3.05) is 20.1 Å². The molecule has 1 fully saturated rings. The molecule has 1 aromatic rings. The van der Waals surface area contributed by atoms with Crippen LogP contribution in [0.5, 0.6) is 0 Å². The maximum absolute atomic E-state index is 13.0. The van der Waals surface area contributed by atoms with E-state index in [1.165, 1.54) is 25.0 Å². The third-order valence-electron chi connectivity index (χ3n) is 3.11. The predicted molar refractivity (Wildman–Crippen MR) is 87.6 cm³/mol. The van der Waals surface area contributed by atoms with Crippen molar-refractivity contribution < 1.29 is 8.78 Å². The fourth-order valence-electron chi connectivity index (χ4n) is 1.86. The Labute approximate surface area is 135 Å². The lowest BCUT2D eigenvalue weighted by Gasteiger charge is -2.11. The second kappa shape index (κ2) is 8.39. The Morgan fingerprint density at radius 2 is 1.85 bits per heavy atom. The number of hydrogen-bond donors (Lipinski definition) is 2. The van der Waals surface area contributed by atoms with Crippen LogP contribution in [0.15, 0.2) is 23.2 Å². The molecule has 1 aliphatic carbocycles. The van der Waals surface area contributed by atoms with Gasteiger partial charge in [-0.25, -0.2) is 8.78 Å². The first-order valence-electron chi connectivity index (χ1n) is 6.57. The van der Waals surface area contributed by atoms with E-state index in [9.17, 15) is 8.78 Å². The normalized spacial score (nSPS) is 14.7. The molecule has 0 saturated heterocycles. The van der Waals surface area contributed by atoms with Crippen LogP contribution in [0.1, 0.15) is 18.4 Å². The summed E-state index contributed by atoms with van der Waals surface area (Å²) in [5.41, 5.74) is 0.641. The predicted octanol–water partition coefficient (Wildman–Crippen LogP) is 2.70. The van der Waals surface area contributed by atoms with E-state index in [0.717, 1.165) is 24.5 Å². The molecule has 0 unspecified atom stereocenters. The Morgan fingerprint density at radius 3 is 2.40 bits per heavy atom. The van der Waals surface area contributed by atoms with E-state index in [4.69, 9.17) is 0 Å². The molecule has 3 nitrogen and oxygen atoms in total. The fourth-order valence-corrected chi connectivity index (χ4v) is 1.86. The van der Waals surface area contributed by atoms with Crippen molar-refractivity contribution in [2.45, 2.75) is 19.3 Å². The highest BCUT2D eigenvalue weighted by Crippen LogP contribution is 2.27. The first kappa shape index (κ1) is 17.1. The zero-order valence-corrected chi connectivity index (χ0v) is 13.8. The minimum absolute atomic E-state index is 0. The standard InChI is InChI=1S/C14H19F2N3.HI/c1-17-14(19-9-10-2-3-10)18-5-4-11-6-12(15)8-13(16)7-11;/h6-8,10H,2-5,9H2,1H3,(H2,17,18,19);1H. The summed E-state index contributed by atoms with van der Waals surface area (Å²) in [6.45, 7) is 1.53. The Balaban J connectivity index is 0.00000200. The van der Waals surface area contributed by atoms with E-state index in [1.54, 1.807) is 7.05 Å². The molecule has 1 aliphatic rings. The van der Waals surface area contributed by atoms with Gasteiger partial charge in [-0.15, -0.1) is 24.0 Å². The summed E-state index contributed by atoms with van der Waals surface area (Å²) in [5.74, 6) is 0.442. The Hall–Kier alpha value is -0.920. The molecule has 2 rings (SSSR count). The maximum atomic E-state index is 13.0. The van der Waals surface area contributed by atoms with Crippen molar-refractivity contribution >= 4 is 29.9 Å². The second-order valence-electron chi connectivity index (χ2n) is 4.85. The molecule has 0 spiro atoms. The largest absolute Gasteiger partial charge is 0.356 e. The van der Waals surface area contributed by atoms with Gasteiger partial charge in [0.25, 0.3) is 0 Å². The third kappa shape index (κ3) is 6.02. The van der Waals surface area contributed by atoms with Crippen LogP contribution in [-0.4, -0.2) is 26.1 Å². The van der Waals surface area contributed by atoms with Gasteiger partial charge in [-0.2, -0.15) is 0 Å². The van der Waals surface area contributed by atoms with E-state index in [0.29, 0.717) is 18.5 Å². The van der Waals surface area contributed by atoms with Crippen molar-refractivity contribution in [3.8, 4) is 0 Å². The van der Waals surface area contributed by atoms with Crippen molar-refractivity contribution in [2.24, 2.45) is 10.9 Å². The zero-order chi connectivity index (χ0) is 13.7. The molecule has 0 radical (unpaired) electrons. The molecule has 0 amide bonds. The van der Waals surface area contributed by atoms with E-state index >= 15 is 0 Å². The van der Waals surface area contributed by atoms with Crippen LogP contribution in [0, 0.1) is 17.6 Å². The summed E-state index contributed by atoms with van der Waals surface area (Å²) in [6.07, 6.45) is 3.12. The summed E-state index contributed by atoms with van der Waals surface area (Å²) in [5, 5.41) is 6.37. The lowest BCUT2D eigenvalue weighted by Crippen LogP contribution is -2.39. The van der Waals surface area contributed by atoms with Gasteiger partial charge in [0.2, 0.25) is 0 Å². The van der Waals surface area contributed by atoms with E-state index in [1.807, 2.05) is 0 Å². The number of aliphatic imine (C=N–C) groups is 1. The van der Waals surface area contributed by atoms with Crippen LogP contribution in [0.2, 0.25) is 0 Å².